The van der Waals surface area contributed by atoms with Gasteiger partial charge in [-0.15, -0.1) is 11.3 Å². The molecule has 0 saturated carbocycles. The monoisotopic (exact) mass is 346 g/mol. The van der Waals surface area contributed by atoms with Gasteiger partial charge in [-0.3, -0.25) is 0 Å². The molecule has 24 heavy (non-hydrogen) atoms. The lowest BCUT2D eigenvalue weighted by Gasteiger charge is -2.24. The Morgan fingerprint density at radius 2 is 2.08 bits per heavy atom. The summed E-state index contributed by atoms with van der Waals surface area (Å²) >= 11 is 1.83. The third-order valence-corrected chi connectivity index (χ3v) is 5.83. The van der Waals surface area contributed by atoms with E-state index >= 15 is 0 Å². The van der Waals surface area contributed by atoms with Gasteiger partial charge in [0.05, 0.1) is 11.4 Å². The predicted octanol–water partition coefficient (Wildman–Crippen LogP) is 3.03. The van der Waals surface area contributed by atoms with Crippen LogP contribution in [-0.2, 0) is 0 Å². The molecule has 2 aromatic rings. The van der Waals surface area contributed by atoms with Crippen LogP contribution in [0.5, 0.6) is 5.75 Å². The van der Waals surface area contributed by atoms with Crippen LogP contribution < -0.4 is 9.64 Å². The van der Waals surface area contributed by atoms with E-state index in [-0.39, 0.29) is 0 Å². The Bertz CT molecular complexity index is 626. The number of thiophene rings is 1. The molecule has 4 heteroatoms. The minimum absolute atomic E-state index is 0.365. The van der Waals surface area contributed by atoms with Crippen molar-refractivity contribution in [3.8, 4) is 5.75 Å². The van der Waals surface area contributed by atoms with Gasteiger partial charge in [-0.2, -0.15) is 0 Å². The van der Waals surface area contributed by atoms with Crippen LogP contribution in [0.15, 0.2) is 41.8 Å². The summed E-state index contributed by atoms with van der Waals surface area (Å²) in [5.74, 6) is 1.32. The molecule has 3 atom stereocenters. The largest absolute Gasteiger partial charge is 0.490 e. The van der Waals surface area contributed by atoms with Crippen LogP contribution >= 0.6 is 11.3 Å². The van der Waals surface area contributed by atoms with Gasteiger partial charge < -0.3 is 14.7 Å². The second-order valence-electron chi connectivity index (χ2n) is 6.98. The smallest absolute Gasteiger partial charge is 0.137 e. The predicted molar refractivity (Wildman–Crippen MR) is 99.0 cm³/mol. The van der Waals surface area contributed by atoms with Crippen LogP contribution in [0.4, 0.5) is 0 Å². The molecule has 1 aromatic carbocycles. The highest BCUT2D eigenvalue weighted by atomic mass is 32.1. The topological polar surface area (TPSA) is 33.9 Å². The zero-order chi connectivity index (χ0) is 16.9. The van der Waals surface area contributed by atoms with Gasteiger partial charge in [-0.25, -0.2) is 0 Å². The molecule has 0 aliphatic carbocycles. The Labute approximate surface area is 148 Å². The number of likely N-dealkylation sites (tertiary alicyclic amines) is 1. The first-order valence-electron chi connectivity index (χ1n) is 8.93. The lowest BCUT2D eigenvalue weighted by Crippen LogP contribution is -3.11. The van der Waals surface area contributed by atoms with Crippen molar-refractivity contribution in [1.29, 1.82) is 0 Å². The average molecular weight is 347 g/mol. The number of ether oxygens (including phenoxy) is 1. The third-order valence-electron chi connectivity index (χ3n) is 4.84. The average Bonchev–Trinajstić information content (AvgIpc) is 3.24. The van der Waals surface area contributed by atoms with Gasteiger partial charge in [0, 0.05) is 12.8 Å². The van der Waals surface area contributed by atoms with E-state index in [0.29, 0.717) is 18.6 Å². The van der Waals surface area contributed by atoms with E-state index in [1.165, 1.54) is 28.2 Å². The Balaban J connectivity index is 1.55. The molecular formula is C20H28NO2S+. The number of hydrogen-bond acceptors (Lipinski definition) is 3. The summed E-state index contributed by atoms with van der Waals surface area (Å²) in [6.07, 6.45) is 2.03. The van der Waals surface area contributed by atoms with E-state index in [9.17, 15) is 5.11 Å². The Morgan fingerprint density at radius 3 is 2.83 bits per heavy atom. The van der Waals surface area contributed by atoms with Gasteiger partial charge in [0.2, 0.25) is 0 Å². The normalized spacial score (nSPS) is 22.0. The molecule has 2 N–H and O–H groups in total. The van der Waals surface area contributed by atoms with Gasteiger partial charge in [0.1, 0.15) is 31.0 Å². The summed E-state index contributed by atoms with van der Waals surface area (Å²) in [6, 6.07) is 13.0. The molecule has 1 unspecified atom stereocenters. The molecule has 0 amide bonds. The lowest BCUT2D eigenvalue weighted by molar-refractivity contribution is -0.921. The number of para-hydroxylation sites is 1. The molecule has 3 rings (SSSR count). The van der Waals surface area contributed by atoms with Gasteiger partial charge in [-0.05, 0) is 29.0 Å². The highest BCUT2D eigenvalue weighted by Crippen LogP contribution is 2.26. The molecule has 0 spiro atoms. The van der Waals surface area contributed by atoms with Crippen LogP contribution in [0.3, 0.4) is 0 Å². The molecule has 1 saturated heterocycles. The van der Waals surface area contributed by atoms with Crippen LogP contribution in [0, 0.1) is 0 Å². The minimum Gasteiger partial charge on any atom is -0.490 e. The molecule has 1 aliphatic heterocycles. The zero-order valence-electron chi connectivity index (χ0n) is 14.6. The third kappa shape index (κ3) is 4.18. The van der Waals surface area contributed by atoms with Crippen molar-refractivity contribution in [3.63, 3.8) is 0 Å². The summed E-state index contributed by atoms with van der Waals surface area (Å²) < 4.78 is 5.94. The van der Waals surface area contributed by atoms with E-state index in [1.54, 1.807) is 0 Å². The molecule has 1 fully saturated rings. The molecule has 3 nitrogen and oxygen atoms in total. The van der Waals surface area contributed by atoms with Crippen LogP contribution in [-0.4, -0.2) is 30.9 Å². The maximum Gasteiger partial charge on any atom is 0.137 e. The van der Waals surface area contributed by atoms with Crippen molar-refractivity contribution in [3.05, 3.63) is 52.2 Å². The summed E-state index contributed by atoms with van der Waals surface area (Å²) in [4.78, 5) is 2.94. The maximum absolute atomic E-state index is 10.5. The summed E-state index contributed by atoms with van der Waals surface area (Å²) in [5.41, 5.74) is 1.20. The van der Waals surface area contributed by atoms with E-state index in [0.717, 1.165) is 18.8 Å². The van der Waals surface area contributed by atoms with Gasteiger partial charge in [-0.1, -0.05) is 38.1 Å². The van der Waals surface area contributed by atoms with Gasteiger partial charge >= 0.3 is 0 Å². The highest BCUT2D eigenvalue weighted by molar-refractivity contribution is 7.10. The molecule has 1 aliphatic rings. The fourth-order valence-electron chi connectivity index (χ4n) is 3.63. The van der Waals surface area contributed by atoms with Crippen molar-refractivity contribution in [2.24, 2.45) is 0 Å². The van der Waals surface area contributed by atoms with E-state index in [4.69, 9.17) is 4.74 Å². The Morgan fingerprint density at radius 1 is 1.25 bits per heavy atom. The molecule has 130 valence electrons. The van der Waals surface area contributed by atoms with Crippen molar-refractivity contribution in [2.45, 2.75) is 44.8 Å². The minimum atomic E-state index is -0.430. The van der Waals surface area contributed by atoms with E-state index in [1.807, 2.05) is 29.5 Å². The van der Waals surface area contributed by atoms with Crippen molar-refractivity contribution in [2.75, 3.05) is 19.7 Å². The molecule has 1 aromatic heterocycles. The number of nitrogens with one attached hydrogen (secondary N) is 1. The first-order valence-corrected chi connectivity index (χ1v) is 9.81. The summed E-state index contributed by atoms with van der Waals surface area (Å²) in [7, 11) is 0. The number of aliphatic hydroxyl groups excluding tert-OH is 1. The summed E-state index contributed by atoms with van der Waals surface area (Å²) in [5, 5.41) is 12.6. The van der Waals surface area contributed by atoms with E-state index < -0.39 is 6.10 Å². The highest BCUT2D eigenvalue weighted by Gasteiger charge is 2.32. The van der Waals surface area contributed by atoms with Crippen molar-refractivity contribution in [1.82, 2.24) is 0 Å². The Kier molecular flexibility index (Phi) is 5.93. The maximum atomic E-state index is 10.5. The van der Waals surface area contributed by atoms with Crippen LogP contribution in [0.25, 0.3) is 0 Å². The fourth-order valence-corrected chi connectivity index (χ4v) is 4.55. The number of hydrogen-bond donors (Lipinski definition) is 2. The first-order chi connectivity index (χ1) is 11.6. The second-order valence-corrected chi connectivity index (χ2v) is 7.96. The quantitative estimate of drug-likeness (QED) is 0.808. The molecule has 0 bridgehead atoms. The Hall–Kier alpha value is -1.36. The van der Waals surface area contributed by atoms with Crippen molar-refractivity contribution >= 4 is 11.3 Å². The number of aliphatic hydroxyl groups is 1. The second kappa shape index (κ2) is 8.15. The number of quaternary nitrogens is 1. The van der Waals surface area contributed by atoms with E-state index in [2.05, 4.69) is 37.4 Å². The fraction of sp³-hybridized carbons (Fsp3) is 0.500. The first kappa shape index (κ1) is 17.5. The molecule has 2 heterocycles. The molecular weight excluding hydrogens is 318 g/mol. The number of rotatable bonds is 7. The van der Waals surface area contributed by atoms with Crippen LogP contribution in [0.1, 0.15) is 49.1 Å². The lowest BCUT2D eigenvalue weighted by atomic mass is 10.0. The van der Waals surface area contributed by atoms with Crippen molar-refractivity contribution < 1.29 is 14.7 Å². The molecule has 0 radical (unpaired) electrons. The SMILES string of the molecule is CC(C)c1ccccc1OC[C@@H](O)C[NH+]1CCC[C@@H]1c1cccs1. The summed E-state index contributed by atoms with van der Waals surface area (Å²) in [6.45, 7) is 6.59. The number of benzene rings is 1. The zero-order valence-corrected chi connectivity index (χ0v) is 15.4. The standard InChI is InChI=1S/C20H27NO2S/c1-15(2)17-7-3-4-9-19(17)23-14-16(22)13-21-11-5-8-18(21)20-10-6-12-24-20/h3-4,6-7,9-10,12,15-16,18,22H,5,8,11,13-14H2,1-2H3/p+1/t16-,18+/m0/s1. The van der Waals surface area contributed by atoms with Crippen LogP contribution in [0.2, 0.25) is 0 Å². The van der Waals surface area contributed by atoms with Gasteiger partial charge in [0.25, 0.3) is 0 Å². The van der Waals surface area contributed by atoms with Gasteiger partial charge in [0.15, 0.2) is 0 Å².